The molecule has 0 saturated carbocycles. The fourth-order valence-corrected chi connectivity index (χ4v) is 4.49. The van der Waals surface area contributed by atoms with Crippen molar-refractivity contribution in [2.75, 3.05) is 18.8 Å². The summed E-state index contributed by atoms with van der Waals surface area (Å²) in [4.78, 5) is 19.4. The van der Waals surface area contributed by atoms with Crippen LogP contribution in [0.25, 0.3) is 16.7 Å². The van der Waals surface area contributed by atoms with Crippen LogP contribution in [0.1, 0.15) is 19.8 Å². The zero-order valence-electron chi connectivity index (χ0n) is 15.0. The Bertz CT molecular complexity index is 906. The molecular weight excluding hydrogens is 342 g/mol. The lowest BCUT2D eigenvalue weighted by Gasteiger charge is -2.30. The molecule has 1 fully saturated rings. The number of thioether (sulfide) groups is 1. The molecule has 1 saturated heterocycles. The summed E-state index contributed by atoms with van der Waals surface area (Å²) in [6.45, 7) is 3.99. The highest BCUT2D eigenvalue weighted by Gasteiger charge is 2.22. The first-order valence-electron chi connectivity index (χ1n) is 9.16. The van der Waals surface area contributed by atoms with E-state index in [-0.39, 0.29) is 5.91 Å². The van der Waals surface area contributed by atoms with Crippen molar-refractivity contribution in [3.05, 3.63) is 54.6 Å². The molecule has 1 unspecified atom stereocenters. The Morgan fingerprint density at radius 2 is 1.92 bits per heavy atom. The van der Waals surface area contributed by atoms with Gasteiger partial charge in [0, 0.05) is 18.8 Å². The van der Waals surface area contributed by atoms with Gasteiger partial charge in [-0.05, 0) is 43.0 Å². The maximum Gasteiger partial charge on any atom is 0.233 e. The molecule has 1 atom stereocenters. The topological polar surface area (TPSA) is 38.1 Å². The lowest BCUT2D eigenvalue weighted by molar-refractivity contribution is -0.130. The number of benzene rings is 2. The second-order valence-electron chi connectivity index (χ2n) is 6.93. The molecule has 26 heavy (non-hydrogen) atoms. The number of hydrogen-bond donors (Lipinski definition) is 0. The van der Waals surface area contributed by atoms with Gasteiger partial charge in [0.25, 0.3) is 0 Å². The van der Waals surface area contributed by atoms with Crippen molar-refractivity contribution in [3.63, 3.8) is 0 Å². The first-order valence-corrected chi connectivity index (χ1v) is 10.1. The molecule has 2 heterocycles. The number of carbonyl (C=O) groups excluding carboxylic acids is 1. The van der Waals surface area contributed by atoms with Gasteiger partial charge in [-0.1, -0.05) is 49.0 Å². The van der Waals surface area contributed by atoms with E-state index in [1.807, 2.05) is 41.3 Å². The van der Waals surface area contributed by atoms with Gasteiger partial charge < -0.3 is 4.90 Å². The van der Waals surface area contributed by atoms with E-state index in [1.54, 1.807) is 0 Å². The average molecular weight is 366 g/mol. The number of amides is 1. The smallest absolute Gasteiger partial charge is 0.233 e. The van der Waals surface area contributed by atoms with Crippen molar-refractivity contribution >= 4 is 28.7 Å². The number of piperidine rings is 1. The maximum atomic E-state index is 12.6. The van der Waals surface area contributed by atoms with Gasteiger partial charge >= 0.3 is 0 Å². The van der Waals surface area contributed by atoms with Crippen LogP contribution in [0.5, 0.6) is 0 Å². The molecule has 4 rings (SSSR count). The lowest BCUT2D eigenvalue weighted by Crippen LogP contribution is -2.40. The van der Waals surface area contributed by atoms with Crippen LogP contribution < -0.4 is 0 Å². The summed E-state index contributed by atoms with van der Waals surface area (Å²) >= 11 is 1.53. The number of fused-ring (bicyclic) bond motifs is 1. The Hall–Kier alpha value is -2.27. The molecule has 1 aromatic heterocycles. The van der Waals surface area contributed by atoms with Gasteiger partial charge in [0.1, 0.15) is 0 Å². The monoisotopic (exact) mass is 365 g/mol. The van der Waals surface area contributed by atoms with Crippen LogP contribution in [0.4, 0.5) is 0 Å². The Labute approximate surface area is 158 Å². The Kier molecular flexibility index (Phi) is 4.98. The molecule has 134 valence electrons. The third kappa shape index (κ3) is 3.49. The van der Waals surface area contributed by atoms with E-state index in [1.165, 1.54) is 18.2 Å². The van der Waals surface area contributed by atoms with Crippen LogP contribution in [-0.4, -0.2) is 39.2 Å². The SMILES string of the molecule is CC1CCCN(C(=O)CSc2nc3ccccc3n2-c2ccccc2)C1. The molecule has 0 N–H and O–H groups in total. The number of nitrogens with zero attached hydrogens (tertiary/aromatic N) is 3. The number of likely N-dealkylation sites (tertiary alicyclic amines) is 1. The first-order chi connectivity index (χ1) is 12.7. The van der Waals surface area contributed by atoms with Crippen molar-refractivity contribution < 1.29 is 4.79 Å². The highest BCUT2D eigenvalue weighted by molar-refractivity contribution is 7.99. The molecule has 5 heteroatoms. The summed E-state index contributed by atoms with van der Waals surface area (Å²) in [5.74, 6) is 1.25. The standard InChI is InChI=1S/C21H23N3OS/c1-16-8-7-13-23(14-16)20(25)15-26-21-22-18-11-5-6-12-19(18)24(21)17-9-3-2-4-10-17/h2-6,9-12,16H,7-8,13-15H2,1H3. The molecule has 1 amide bonds. The second-order valence-corrected chi connectivity index (χ2v) is 7.87. The summed E-state index contributed by atoms with van der Waals surface area (Å²) < 4.78 is 2.14. The van der Waals surface area contributed by atoms with Gasteiger partial charge in [-0.15, -0.1) is 0 Å². The Balaban J connectivity index is 1.59. The average Bonchev–Trinajstić information content (AvgIpc) is 3.05. The number of para-hydroxylation sites is 3. The van der Waals surface area contributed by atoms with Gasteiger partial charge in [0.2, 0.25) is 5.91 Å². The van der Waals surface area contributed by atoms with E-state index in [0.717, 1.165) is 41.4 Å². The summed E-state index contributed by atoms with van der Waals surface area (Å²) in [5.41, 5.74) is 3.10. The highest BCUT2D eigenvalue weighted by atomic mass is 32.2. The summed E-state index contributed by atoms with van der Waals surface area (Å²) in [6, 6.07) is 18.3. The molecular formula is C21H23N3OS. The van der Waals surface area contributed by atoms with Crippen molar-refractivity contribution in [2.45, 2.75) is 24.9 Å². The van der Waals surface area contributed by atoms with Crippen LogP contribution in [0.2, 0.25) is 0 Å². The summed E-state index contributed by atoms with van der Waals surface area (Å²) in [5, 5.41) is 0.871. The Morgan fingerprint density at radius 3 is 2.73 bits per heavy atom. The van der Waals surface area contributed by atoms with E-state index < -0.39 is 0 Å². The molecule has 2 aromatic carbocycles. The predicted octanol–water partition coefficient (Wildman–Crippen LogP) is 4.38. The number of aromatic nitrogens is 2. The third-order valence-corrected chi connectivity index (χ3v) is 5.80. The highest BCUT2D eigenvalue weighted by Crippen LogP contribution is 2.28. The van der Waals surface area contributed by atoms with Gasteiger partial charge in [-0.2, -0.15) is 0 Å². The molecule has 1 aliphatic heterocycles. The minimum Gasteiger partial charge on any atom is -0.342 e. The van der Waals surface area contributed by atoms with Crippen LogP contribution in [0.15, 0.2) is 59.8 Å². The third-order valence-electron chi connectivity index (χ3n) is 4.88. The van der Waals surface area contributed by atoms with Gasteiger partial charge in [-0.25, -0.2) is 4.98 Å². The molecule has 3 aromatic rings. The summed E-state index contributed by atoms with van der Waals surface area (Å²) in [7, 11) is 0. The van der Waals surface area contributed by atoms with Crippen molar-refractivity contribution in [2.24, 2.45) is 5.92 Å². The minimum atomic E-state index is 0.216. The van der Waals surface area contributed by atoms with Crippen molar-refractivity contribution in [1.29, 1.82) is 0 Å². The van der Waals surface area contributed by atoms with Crippen molar-refractivity contribution in [3.8, 4) is 5.69 Å². The number of carbonyl (C=O) groups is 1. The molecule has 1 aliphatic rings. The molecule has 0 radical (unpaired) electrons. The number of imidazole rings is 1. The molecule has 0 spiro atoms. The predicted molar refractivity (Wildman–Crippen MR) is 107 cm³/mol. The lowest BCUT2D eigenvalue weighted by atomic mass is 10.0. The zero-order chi connectivity index (χ0) is 17.9. The van der Waals surface area contributed by atoms with E-state index in [2.05, 4.69) is 29.7 Å². The minimum absolute atomic E-state index is 0.216. The van der Waals surface area contributed by atoms with Crippen LogP contribution in [-0.2, 0) is 4.79 Å². The van der Waals surface area contributed by atoms with Crippen LogP contribution >= 0.6 is 11.8 Å². The fraction of sp³-hybridized carbons (Fsp3) is 0.333. The van der Waals surface area contributed by atoms with E-state index in [9.17, 15) is 4.79 Å². The molecule has 0 aliphatic carbocycles. The van der Waals surface area contributed by atoms with E-state index in [0.29, 0.717) is 11.7 Å². The largest absolute Gasteiger partial charge is 0.342 e. The van der Waals surface area contributed by atoms with Crippen LogP contribution in [0.3, 0.4) is 0 Å². The van der Waals surface area contributed by atoms with Crippen molar-refractivity contribution in [1.82, 2.24) is 14.5 Å². The Morgan fingerprint density at radius 1 is 1.15 bits per heavy atom. The zero-order valence-corrected chi connectivity index (χ0v) is 15.8. The van der Waals surface area contributed by atoms with Gasteiger partial charge in [0.05, 0.1) is 16.8 Å². The second kappa shape index (κ2) is 7.54. The normalized spacial score (nSPS) is 17.6. The fourth-order valence-electron chi connectivity index (χ4n) is 3.56. The molecule has 4 nitrogen and oxygen atoms in total. The maximum absolute atomic E-state index is 12.6. The van der Waals surface area contributed by atoms with Crippen LogP contribution in [0, 0.1) is 5.92 Å². The quantitative estimate of drug-likeness (QED) is 0.644. The van der Waals surface area contributed by atoms with Gasteiger partial charge in [0.15, 0.2) is 5.16 Å². The van der Waals surface area contributed by atoms with E-state index in [4.69, 9.17) is 4.98 Å². The molecule has 0 bridgehead atoms. The number of rotatable bonds is 4. The van der Waals surface area contributed by atoms with E-state index >= 15 is 0 Å². The number of hydrogen-bond acceptors (Lipinski definition) is 3. The summed E-state index contributed by atoms with van der Waals surface area (Å²) in [6.07, 6.45) is 2.33. The first kappa shape index (κ1) is 17.2. The van der Waals surface area contributed by atoms with Gasteiger partial charge in [-0.3, -0.25) is 9.36 Å².